The Morgan fingerprint density at radius 2 is 1.79 bits per heavy atom. The molecule has 1 aliphatic rings. The van der Waals surface area contributed by atoms with E-state index in [4.69, 9.17) is 4.18 Å². The Bertz CT molecular complexity index is 644. The third kappa shape index (κ3) is 3.34. The molecule has 0 aliphatic carbocycles. The van der Waals surface area contributed by atoms with Gasteiger partial charge >= 0.3 is 0 Å². The van der Waals surface area contributed by atoms with Crippen molar-refractivity contribution in [1.29, 1.82) is 0 Å². The van der Waals surface area contributed by atoms with Crippen LogP contribution in [-0.4, -0.2) is 28.0 Å². The van der Waals surface area contributed by atoms with Crippen LogP contribution >= 0.6 is 0 Å². The second-order valence-corrected chi connectivity index (χ2v) is 8.49. The highest BCUT2D eigenvalue weighted by Gasteiger charge is 2.34. The van der Waals surface area contributed by atoms with Crippen LogP contribution in [-0.2, 0) is 24.1 Å². The molecule has 1 aliphatic heterocycles. The van der Waals surface area contributed by atoms with Gasteiger partial charge in [0.15, 0.2) is 15.3 Å². The summed E-state index contributed by atoms with van der Waals surface area (Å²) < 4.78 is 52.4. The average molecular weight is 304 g/mol. The van der Waals surface area contributed by atoms with Crippen LogP contribution in [0, 0.1) is 6.92 Å². The van der Waals surface area contributed by atoms with E-state index in [2.05, 4.69) is 0 Å². The first-order valence-corrected chi connectivity index (χ1v) is 9.15. The summed E-state index contributed by atoms with van der Waals surface area (Å²) in [5.74, 6) is -0.0128. The van der Waals surface area contributed by atoms with E-state index in [1.54, 1.807) is 12.1 Å². The van der Waals surface area contributed by atoms with Gasteiger partial charge in [-0.15, -0.1) is 0 Å². The van der Waals surface area contributed by atoms with E-state index >= 15 is 0 Å². The molecule has 1 fully saturated rings. The van der Waals surface area contributed by atoms with Gasteiger partial charge in [-0.3, -0.25) is 0 Å². The minimum atomic E-state index is -4.03. The van der Waals surface area contributed by atoms with Crippen molar-refractivity contribution in [2.45, 2.75) is 36.5 Å². The lowest BCUT2D eigenvalue weighted by atomic mass is 10.2. The Kier molecular flexibility index (Phi) is 3.98. The summed E-state index contributed by atoms with van der Waals surface area (Å²) in [5, 5.41) is 0. The van der Waals surface area contributed by atoms with Crippen LogP contribution in [0.15, 0.2) is 29.2 Å². The molecule has 0 radical (unpaired) electrons. The molecule has 0 amide bonds. The maximum Gasteiger partial charge on any atom is 0.298 e. The van der Waals surface area contributed by atoms with Crippen molar-refractivity contribution in [3.63, 3.8) is 0 Å². The molecule has 1 aromatic carbocycles. The van der Waals surface area contributed by atoms with Crippen molar-refractivity contribution in [3.8, 4) is 0 Å². The fraction of sp³-hybridized carbons (Fsp3) is 0.500. The summed E-state index contributed by atoms with van der Waals surface area (Å²) in [7, 11) is -7.50. The van der Waals surface area contributed by atoms with Gasteiger partial charge in [0, 0.05) is 0 Å². The molecule has 19 heavy (non-hydrogen) atoms. The summed E-state index contributed by atoms with van der Waals surface area (Å²) in [4.78, 5) is -0.0149. The van der Waals surface area contributed by atoms with Crippen LogP contribution in [0.5, 0.6) is 0 Å². The summed E-state index contributed by atoms with van der Waals surface area (Å²) >= 11 is 0. The normalized spacial score (nSPS) is 23.1. The quantitative estimate of drug-likeness (QED) is 0.793. The van der Waals surface area contributed by atoms with Gasteiger partial charge in [-0.1, -0.05) is 17.7 Å². The molecule has 1 aromatic rings. The van der Waals surface area contributed by atoms with Gasteiger partial charge in [-0.05, 0) is 38.3 Å². The molecule has 7 heteroatoms. The summed E-state index contributed by atoms with van der Waals surface area (Å²) in [6.07, 6.45) is 1.45. The van der Waals surface area contributed by atoms with Gasteiger partial charge in [-0.2, -0.15) is 8.42 Å². The maximum absolute atomic E-state index is 12.0. The third-order valence-corrected chi connectivity index (χ3v) is 6.51. The summed E-state index contributed by atoms with van der Waals surface area (Å²) in [6.45, 7) is 1.84. The zero-order chi connectivity index (χ0) is 14.1. The highest BCUT2D eigenvalue weighted by molar-refractivity contribution is 7.93. The van der Waals surface area contributed by atoms with E-state index in [0.717, 1.165) is 5.56 Å². The average Bonchev–Trinajstić information content (AvgIpc) is 2.32. The lowest BCUT2D eigenvalue weighted by Crippen LogP contribution is -2.32. The molecular weight excluding hydrogens is 288 g/mol. The Hall–Kier alpha value is -0.920. The van der Waals surface area contributed by atoms with Crippen LogP contribution in [0.2, 0.25) is 0 Å². The smallest absolute Gasteiger partial charge is 0.247 e. The zero-order valence-electron chi connectivity index (χ0n) is 10.6. The number of aryl methyl sites for hydroxylation is 1. The number of sulfone groups is 1. The van der Waals surface area contributed by atoms with Crippen LogP contribution < -0.4 is 0 Å². The van der Waals surface area contributed by atoms with Crippen molar-refractivity contribution in [2.75, 3.05) is 5.75 Å². The standard InChI is InChI=1S/C12H16O5S2/c1-10-5-7-11(8-6-10)19(15,16)17-12-4-2-3-9-18(12,13)14/h5-8,12H,2-4,9H2,1H3. The minimum absolute atomic E-state index is 0.0128. The Balaban J connectivity index is 2.24. The van der Waals surface area contributed by atoms with Crippen LogP contribution in [0.4, 0.5) is 0 Å². The van der Waals surface area contributed by atoms with Gasteiger partial charge < -0.3 is 0 Å². The fourth-order valence-electron chi connectivity index (χ4n) is 1.94. The molecule has 1 atom stereocenters. The first kappa shape index (κ1) is 14.5. The first-order valence-electron chi connectivity index (χ1n) is 6.03. The molecule has 0 spiro atoms. The van der Waals surface area contributed by atoms with Gasteiger partial charge in [0.25, 0.3) is 10.1 Å². The van der Waals surface area contributed by atoms with Crippen LogP contribution in [0.1, 0.15) is 24.8 Å². The molecule has 1 saturated heterocycles. The van der Waals surface area contributed by atoms with Gasteiger partial charge in [0.05, 0.1) is 10.6 Å². The van der Waals surface area contributed by atoms with Gasteiger partial charge in [0.2, 0.25) is 0 Å². The highest BCUT2D eigenvalue weighted by atomic mass is 32.2. The molecule has 0 bridgehead atoms. The molecular formula is C12H16O5S2. The molecule has 5 nitrogen and oxygen atoms in total. The van der Waals surface area contributed by atoms with Gasteiger partial charge in [-0.25, -0.2) is 12.6 Å². The Morgan fingerprint density at radius 1 is 1.16 bits per heavy atom. The highest BCUT2D eigenvalue weighted by Crippen LogP contribution is 2.25. The molecule has 0 saturated carbocycles. The lowest BCUT2D eigenvalue weighted by molar-refractivity contribution is 0.257. The number of hydrogen-bond acceptors (Lipinski definition) is 5. The predicted molar refractivity (Wildman–Crippen MR) is 70.9 cm³/mol. The number of rotatable bonds is 3. The fourth-order valence-corrected chi connectivity index (χ4v) is 5.08. The second kappa shape index (κ2) is 5.22. The van der Waals surface area contributed by atoms with Crippen LogP contribution in [0.3, 0.4) is 0 Å². The van der Waals surface area contributed by atoms with Crippen molar-refractivity contribution >= 4 is 20.0 Å². The van der Waals surface area contributed by atoms with E-state index in [0.29, 0.717) is 12.8 Å². The maximum atomic E-state index is 12.0. The first-order chi connectivity index (χ1) is 8.81. The van der Waals surface area contributed by atoms with E-state index in [1.807, 2.05) is 6.92 Å². The van der Waals surface area contributed by atoms with E-state index in [1.165, 1.54) is 12.1 Å². The molecule has 106 valence electrons. The summed E-state index contributed by atoms with van der Waals surface area (Å²) in [6, 6.07) is 6.12. The van der Waals surface area contributed by atoms with Crippen molar-refractivity contribution in [2.24, 2.45) is 0 Å². The molecule has 1 heterocycles. The monoisotopic (exact) mass is 304 g/mol. The van der Waals surface area contributed by atoms with Crippen LogP contribution in [0.25, 0.3) is 0 Å². The Morgan fingerprint density at radius 3 is 2.37 bits per heavy atom. The number of hydrogen-bond donors (Lipinski definition) is 0. The SMILES string of the molecule is Cc1ccc(S(=O)(=O)OC2CCCCS2(=O)=O)cc1. The topological polar surface area (TPSA) is 77.5 Å². The molecule has 1 unspecified atom stereocenters. The van der Waals surface area contributed by atoms with E-state index < -0.39 is 25.4 Å². The zero-order valence-corrected chi connectivity index (χ0v) is 12.2. The van der Waals surface area contributed by atoms with Gasteiger partial charge in [0.1, 0.15) is 0 Å². The minimum Gasteiger partial charge on any atom is -0.247 e. The van der Waals surface area contributed by atoms with Crippen molar-refractivity contribution in [1.82, 2.24) is 0 Å². The molecule has 2 rings (SSSR count). The largest absolute Gasteiger partial charge is 0.298 e. The van der Waals surface area contributed by atoms with Crippen molar-refractivity contribution in [3.05, 3.63) is 29.8 Å². The number of benzene rings is 1. The summed E-state index contributed by atoms with van der Waals surface area (Å²) in [5.41, 5.74) is -0.322. The third-order valence-electron chi connectivity index (χ3n) is 3.06. The second-order valence-electron chi connectivity index (χ2n) is 4.66. The van der Waals surface area contributed by atoms with Crippen molar-refractivity contribution < 1.29 is 21.0 Å². The molecule has 0 aromatic heterocycles. The van der Waals surface area contributed by atoms with E-state index in [-0.39, 0.29) is 17.1 Å². The predicted octanol–water partition coefficient (Wildman–Crippen LogP) is 1.63. The van der Waals surface area contributed by atoms with E-state index in [9.17, 15) is 16.8 Å². The Labute approximate surface area is 113 Å². The molecule has 0 N–H and O–H groups in total. The lowest BCUT2D eigenvalue weighted by Gasteiger charge is -2.21.